The maximum Gasteiger partial charge on any atom is 0.310 e. The van der Waals surface area contributed by atoms with Crippen LogP contribution >= 0.6 is 0 Å². The lowest BCUT2D eigenvalue weighted by Gasteiger charge is -2.50. The Hall–Kier alpha value is -1.55. The number of esters is 1. The maximum absolute atomic E-state index is 12.7. The molecule has 6 atom stereocenters. The molecule has 28 heavy (non-hydrogen) atoms. The monoisotopic (exact) mass is 385 g/mol. The van der Waals surface area contributed by atoms with E-state index in [2.05, 4.69) is 32.4 Å². The summed E-state index contributed by atoms with van der Waals surface area (Å²) < 4.78 is 11.4. The molecule has 0 radical (unpaired) electrons. The first-order valence-electron chi connectivity index (χ1n) is 11.0. The third-order valence-corrected chi connectivity index (χ3v) is 7.95. The zero-order chi connectivity index (χ0) is 19.9. The van der Waals surface area contributed by atoms with Crippen molar-refractivity contribution in [1.29, 1.82) is 0 Å². The second kappa shape index (κ2) is 7.70. The molecule has 1 aromatic rings. The van der Waals surface area contributed by atoms with E-state index in [4.69, 9.17) is 9.15 Å². The quantitative estimate of drug-likeness (QED) is 0.519. The van der Waals surface area contributed by atoms with Gasteiger partial charge in [-0.05, 0) is 76.0 Å². The molecule has 0 aromatic carbocycles. The molecule has 154 valence electrons. The van der Waals surface area contributed by atoms with Crippen molar-refractivity contribution < 1.29 is 13.9 Å². The van der Waals surface area contributed by atoms with Gasteiger partial charge in [0.05, 0.1) is 12.2 Å². The van der Waals surface area contributed by atoms with Gasteiger partial charge in [0.15, 0.2) is 0 Å². The average molecular weight is 386 g/mol. The van der Waals surface area contributed by atoms with Crippen molar-refractivity contribution in [2.45, 2.75) is 70.9 Å². The number of fused-ring (bicyclic) bond motifs is 2. The Morgan fingerprint density at radius 1 is 1.43 bits per heavy atom. The van der Waals surface area contributed by atoms with Crippen LogP contribution in [0.2, 0.25) is 0 Å². The molecular weight excluding hydrogens is 350 g/mol. The first kappa shape index (κ1) is 19.8. The molecule has 3 fully saturated rings. The second-order valence-electron chi connectivity index (χ2n) is 9.81. The van der Waals surface area contributed by atoms with E-state index in [0.29, 0.717) is 17.9 Å². The van der Waals surface area contributed by atoms with Gasteiger partial charge in [-0.3, -0.25) is 4.79 Å². The minimum absolute atomic E-state index is 0.000314. The molecule has 1 saturated heterocycles. The second-order valence-corrected chi connectivity index (χ2v) is 9.81. The summed E-state index contributed by atoms with van der Waals surface area (Å²) in [5.74, 6) is 1.96. The molecule has 4 nitrogen and oxygen atoms in total. The number of aryl methyl sites for hydroxylation is 1. The van der Waals surface area contributed by atoms with Gasteiger partial charge in [-0.25, -0.2) is 0 Å². The van der Waals surface area contributed by atoms with E-state index in [0.717, 1.165) is 44.4 Å². The number of carbonyl (C=O) groups is 1. The van der Waals surface area contributed by atoms with Crippen LogP contribution in [0.25, 0.3) is 0 Å². The highest BCUT2D eigenvalue weighted by Gasteiger charge is 2.55. The number of hydrogen-bond acceptors (Lipinski definition) is 4. The van der Waals surface area contributed by atoms with Crippen molar-refractivity contribution in [2.24, 2.45) is 23.2 Å². The lowest BCUT2D eigenvalue weighted by Crippen LogP contribution is -2.46. The number of carbonyl (C=O) groups excluding carboxylic acids is 1. The highest BCUT2D eigenvalue weighted by molar-refractivity contribution is 5.75. The maximum atomic E-state index is 12.7. The summed E-state index contributed by atoms with van der Waals surface area (Å²) in [4.78, 5) is 15.1. The molecule has 4 rings (SSSR count). The number of rotatable bonds is 6. The molecule has 3 aliphatic rings. The first-order chi connectivity index (χ1) is 13.4. The van der Waals surface area contributed by atoms with Gasteiger partial charge in [-0.1, -0.05) is 19.1 Å². The predicted molar refractivity (Wildman–Crippen MR) is 110 cm³/mol. The summed E-state index contributed by atoms with van der Waals surface area (Å²) in [5.41, 5.74) is 1.68. The fraction of sp³-hybridized carbons (Fsp3) is 0.708. The minimum Gasteiger partial charge on any atom is -0.469 e. The largest absolute Gasteiger partial charge is 0.469 e. The van der Waals surface area contributed by atoms with Gasteiger partial charge < -0.3 is 14.1 Å². The van der Waals surface area contributed by atoms with Crippen LogP contribution in [0.15, 0.2) is 35.0 Å². The van der Waals surface area contributed by atoms with Crippen molar-refractivity contribution in [1.82, 2.24) is 4.90 Å². The van der Waals surface area contributed by atoms with Crippen LogP contribution in [0, 0.1) is 23.2 Å². The SMILES string of the molecule is C=C1CCC[C@]2(C)C[C@H]3OC(=O)C(CN(C)C(C)CCc4ccco4)[C@H]3CC12. The molecule has 0 N–H and O–H groups in total. The third-order valence-electron chi connectivity index (χ3n) is 7.95. The average Bonchev–Trinajstić information content (AvgIpc) is 3.26. The van der Waals surface area contributed by atoms with Crippen molar-refractivity contribution in [3.05, 3.63) is 36.3 Å². The number of nitrogens with zero attached hydrogens (tertiary/aromatic N) is 1. The van der Waals surface area contributed by atoms with Gasteiger partial charge in [0.1, 0.15) is 11.9 Å². The fourth-order valence-corrected chi connectivity index (χ4v) is 5.98. The number of allylic oxidation sites excluding steroid dienone is 1. The molecule has 0 bridgehead atoms. The number of furan rings is 1. The Labute approximate surface area is 169 Å². The lowest BCUT2D eigenvalue weighted by atomic mass is 9.55. The summed E-state index contributed by atoms with van der Waals surface area (Å²) in [6.45, 7) is 9.81. The molecule has 1 aromatic heterocycles. The topological polar surface area (TPSA) is 42.7 Å². The van der Waals surface area contributed by atoms with Crippen LogP contribution in [0.1, 0.15) is 58.1 Å². The summed E-state index contributed by atoms with van der Waals surface area (Å²) >= 11 is 0. The van der Waals surface area contributed by atoms with Crippen molar-refractivity contribution >= 4 is 5.97 Å². The zero-order valence-electron chi connectivity index (χ0n) is 17.7. The zero-order valence-corrected chi connectivity index (χ0v) is 17.7. The van der Waals surface area contributed by atoms with Crippen molar-refractivity contribution in [3.8, 4) is 0 Å². The smallest absolute Gasteiger partial charge is 0.310 e. The summed E-state index contributed by atoms with van der Waals surface area (Å²) in [7, 11) is 2.14. The Morgan fingerprint density at radius 2 is 2.25 bits per heavy atom. The molecule has 3 unspecified atom stereocenters. The fourth-order valence-electron chi connectivity index (χ4n) is 5.98. The van der Waals surface area contributed by atoms with Crippen LogP contribution in [-0.2, 0) is 16.0 Å². The lowest BCUT2D eigenvalue weighted by molar-refractivity contribution is -0.146. The Balaban J connectivity index is 1.39. The highest BCUT2D eigenvalue weighted by Crippen LogP contribution is 2.56. The van der Waals surface area contributed by atoms with Gasteiger partial charge in [0, 0.05) is 24.9 Å². The van der Waals surface area contributed by atoms with E-state index in [9.17, 15) is 4.79 Å². The van der Waals surface area contributed by atoms with E-state index in [1.54, 1.807) is 6.26 Å². The van der Waals surface area contributed by atoms with Crippen LogP contribution in [0.4, 0.5) is 0 Å². The van der Waals surface area contributed by atoms with Gasteiger partial charge >= 0.3 is 5.97 Å². The molecule has 0 amide bonds. The first-order valence-corrected chi connectivity index (χ1v) is 11.0. The molecule has 2 aliphatic carbocycles. The predicted octanol–water partition coefficient (Wildman–Crippen LogP) is 4.85. The van der Waals surface area contributed by atoms with Crippen molar-refractivity contribution in [3.63, 3.8) is 0 Å². The van der Waals surface area contributed by atoms with E-state index < -0.39 is 0 Å². The summed E-state index contributed by atoms with van der Waals surface area (Å²) in [5, 5.41) is 0. The number of hydrogen-bond donors (Lipinski definition) is 0. The van der Waals surface area contributed by atoms with Crippen molar-refractivity contribution in [2.75, 3.05) is 13.6 Å². The summed E-state index contributed by atoms with van der Waals surface area (Å²) in [6, 6.07) is 4.37. The van der Waals surface area contributed by atoms with E-state index in [1.165, 1.54) is 18.4 Å². The van der Waals surface area contributed by atoms with E-state index in [-0.39, 0.29) is 23.4 Å². The number of ether oxygens (including phenoxy) is 1. The van der Waals surface area contributed by atoms with Crippen LogP contribution in [0.3, 0.4) is 0 Å². The highest BCUT2D eigenvalue weighted by atomic mass is 16.6. The van der Waals surface area contributed by atoms with Crippen LogP contribution in [0.5, 0.6) is 0 Å². The molecule has 4 heteroatoms. The van der Waals surface area contributed by atoms with Crippen LogP contribution in [-0.4, -0.2) is 36.6 Å². The van der Waals surface area contributed by atoms with Gasteiger partial charge in [0.25, 0.3) is 0 Å². The molecule has 2 saturated carbocycles. The molecule has 2 heterocycles. The normalized spacial score (nSPS) is 36.1. The van der Waals surface area contributed by atoms with E-state index >= 15 is 0 Å². The van der Waals surface area contributed by atoms with Gasteiger partial charge in [-0.2, -0.15) is 0 Å². The van der Waals surface area contributed by atoms with Gasteiger partial charge in [0.2, 0.25) is 0 Å². The molecule has 1 aliphatic heterocycles. The third kappa shape index (κ3) is 3.68. The minimum atomic E-state index is 0.000314. The Kier molecular flexibility index (Phi) is 5.43. The standard InChI is InChI=1S/C24H35NO3/c1-16-7-5-11-24(3)14-22-19(13-21(16)24)20(23(26)28-22)15-25(4)17(2)9-10-18-8-6-12-27-18/h6,8,12,17,19-22H,1,5,7,9-11,13-15H2,2-4H3/t17?,19-,20?,21?,22-,24-/m1/s1. The molecular formula is C24H35NO3. The Bertz CT molecular complexity index is 711. The van der Waals surface area contributed by atoms with Crippen LogP contribution < -0.4 is 0 Å². The van der Waals surface area contributed by atoms with E-state index in [1.807, 2.05) is 12.1 Å². The Morgan fingerprint density at radius 3 is 3.00 bits per heavy atom. The summed E-state index contributed by atoms with van der Waals surface area (Å²) in [6.07, 6.45) is 9.51. The van der Waals surface area contributed by atoms with Gasteiger partial charge in [-0.15, -0.1) is 0 Å². The molecule has 0 spiro atoms.